The normalized spacial score (nSPS) is 20.1. The lowest BCUT2D eigenvalue weighted by molar-refractivity contribution is 0.307. The van der Waals surface area contributed by atoms with Crippen molar-refractivity contribution in [3.63, 3.8) is 0 Å². The van der Waals surface area contributed by atoms with Gasteiger partial charge >= 0.3 is 0 Å². The molecule has 1 N–H and O–H groups in total. The van der Waals surface area contributed by atoms with Crippen LogP contribution in [-0.4, -0.2) is 27.3 Å². The number of nitrogens with zero attached hydrogens (tertiary/aromatic N) is 1. The van der Waals surface area contributed by atoms with Crippen LogP contribution >= 0.6 is 0 Å². The van der Waals surface area contributed by atoms with Crippen molar-refractivity contribution in [2.45, 2.75) is 32.2 Å². The number of nitrogens with one attached hydrogen (secondary N) is 1. The van der Waals surface area contributed by atoms with Crippen molar-refractivity contribution in [2.75, 3.05) is 23.1 Å². The Bertz CT molecular complexity index is 567. The molecule has 1 fully saturated rings. The zero-order chi connectivity index (χ0) is 14.0. The molecule has 1 aromatic carbocycles. The molecular formula is C15H22N2O2S. The summed E-state index contributed by atoms with van der Waals surface area (Å²) in [6.07, 6.45) is 4.48. The highest BCUT2D eigenvalue weighted by atomic mass is 32.2. The van der Waals surface area contributed by atoms with Crippen molar-refractivity contribution >= 4 is 15.7 Å². The van der Waals surface area contributed by atoms with Crippen LogP contribution in [0.25, 0.3) is 0 Å². The van der Waals surface area contributed by atoms with Crippen LogP contribution in [0.1, 0.15) is 31.2 Å². The maximum absolute atomic E-state index is 12.6. The minimum atomic E-state index is -3.20. The summed E-state index contributed by atoms with van der Waals surface area (Å²) in [5, 5.41) is 3.29. The van der Waals surface area contributed by atoms with E-state index in [-0.39, 0.29) is 5.75 Å². The lowest BCUT2D eigenvalue weighted by Crippen LogP contribution is -2.37. The SMILES string of the molecule is O=S(=O)(CCC1CCC1)N1CCNCc2ccccc21. The molecule has 110 valence electrons. The Morgan fingerprint density at radius 3 is 2.80 bits per heavy atom. The van der Waals surface area contributed by atoms with Gasteiger partial charge in [0.1, 0.15) is 0 Å². The molecule has 1 aliphatic carbocycles. The topological polar surface area (TPSA) is 49.4 Å². The summed E-state index contributed by atoms with van der Waals surface area (Å²) < 4.78 is 26.9. The fourth-order valence-electron chi connectivity index (χ4n) is 2.92. The van der Waals surface area contributed by atoms with Crippen molar-refractivity contribution < 1.29 is 8.42 Å². The van der Waals surface area contributed by atoms with Crippen molar-refractivity contribution in [1.82, 2.24) is 5.32 Å². The predicted octanol–water partition coefficient (Wildman–Crippen LogP) is 2.12. The molecule has 1 heterocycles. The monoisotopic (exact) mass is 294 g/mol. The number of rotatable bonds is 4. The van der Waals surface area contributed by atoms with E-state index in [4.69, 9.17) is 0 Å². The van der Waals surface area contributed by atoms with Crippen molar-refractivity contribution in [2.24, 2.45) is 5.92 Å². The van der Waals surface area contributed by atoms with Crippen LogP contribution in [0.15, 0.2) is 24.3 Å². The maximum atomic E-state index is 12.6. The lowest BCUT2D eigenvalue weighted by Gasteiger charge is -2.28. The molecule has 3 rings (SSSR count). The fourth-order valence-corrected chi connectivity index (χ4v) is 4.62. The summed E-state index contributed by atoms with van der Waals surface area (Å²) in [6, 6.07) is 7.80. The molecule has 0 spiro atoms. The summed E-state index contributed by atoms with van der Waals surface area (Å²) in [5.41, 5.74) is 1.92. The van der Waals surface area contributed by atoms with Crippen LogP contribution in [-0.2, 0) is 16.6 Å². The fraction of sp³-hybridized carbons (Fsp3) is 0.600. The van der Waals surface area contributed by atoms with Gasteiger partial charge in [0, 0.05) is 19.6 Å². The molecule has 4 nitrogen and oxygen atoms in total. The third-order valence-electron chi connectivity index (χ3n) is 4.41. The minimum absolute atomic E-state index is 0.284. The Hall–Kier alpha value is -1.07. The number of hydrogen-bond acceptors (Lipinski definition) is 3. The van der Waals surface area contributed by atoms with E-state index in [0.717, 1.165) is 24.2 Å². The molecule has 0 atom stereocenters. The number of anilines is 1. The quantitative estimate of drug-likeness (QED) is 0.925. The molecule has 0 unspecified atom stereocenters. The van der Waals surface area contributed by atoms with Crippen molar-refractivity contribution in [3.8, 4) is 0 Å². The van der Waals surface area contributed by atoms with Crippen LogP contribution in [0.4, 0.5) is 5.69 Å². The average molecular weight is 294 g/mol. The molecule has 1 aromatic rings. The van der Waals surface area contributed by atoms with E-state index in [2.05, 4.69) is 5.32 Å². The molecule has 1 saturated carbocycles. The molecule has 0 amide bonds. The van der Waals surface area contributed by atoms with Crippen LogP contribution < -0.4 is 9.62 Å². The highest BCUT2D eigenvalue weighted by Crippen LogP contribution is 2.31. The van der Waals surface area contributed by atoms with Gasteiger partial charge in [-0.1, -0.05) is 37.5 Å². The summed E-state index contributed by atoms with van der Waals surface area (Å²) in [6.45, 7) is 1.98. The molecule has 2 aliphatic rings. The van der Waals surface area contributed by atoms with Gasteiger partial charge < -0.3 is 5.32 Å². The van der Waals surface area contributed by atoms with Crippen LogP contribution in [0, 0.1) is 5.92 Å². The van der Waals surface area contributed by atoms with E-state index in [1.54, 1.807) is 4.31 Å². The second-order valence-corrected chi connectivity index (χ2v) is 7.79. The molecule has 0 radical (unpaired) electrons. The molecule has 5 heteroatoms. The molecular weight excluding hydrogens is 272 g/mol. The Kier molecular flexibility index (Phi) is 3.98. The number of hydrogen-bond donors (Lipinski definition) is 1. The number of fused-ring (bicyclic) bond motifs is 1. The Morgan fingerprint density at radius 1 is 1.25 bits per heavy atom. The minimum Gasteiger partial charge on any atom is -0.311 e. The first-order valence-electron chi connectivity index (χ1n) is 7.46. The smallest absolute Gasteiger partial charge is 0.235 e. The predicted molar refractivity (Wildman–Crippen MR) is 81.2 cm³/mol. The lowest BCUT2D eigenvalue weighted by atomic mass is 9.84. The number of para-hydroxylation sites is 1. The summed E-state index contributed by atoms with van der Waals surface area (Å²) in [5.74, 6) is 0.913. The zero-order valence-electron chi connectivity index (χ0n) is 11.7. The Balaban J connectivity index is 1.80. The average Bonchev–Trinajstić information content (AvgIpc) is 2.59. The first-order chi connectivity index (χ1) is 9.67. The van der Waals surface area contributed by atoms with E-state index in [0.29, 0.717) is 19.0 Å². The number of sulfonamides is 1. The molecule has 0 saturated heterocycles. The summed E-state index contributed by atoms with van der Waals surface area (Å²) in [7, 11) is -3.20. The van der Waals surface area contributed by atoms with Gasteiger partial charge in [0.05, 0.1) is 11.4 Å². The van der Waals surface area contributed by atoms with Gasteiger partial charge in [-0.3, -0.25) is 4.31 Å². The molecule has 20 heavy (non-hydrogen) atoms. The summed E-state index contributed by atoms with van der Waals surface area (Å²) in [4.78, 5) is 0. The highest BCUT2D eigenvalue weighted by Gasteiger charge is 2.28. The first kappa shape index (κ1) is 13.9. The van der Waals surface area contributed by atoms with E-state index < -0.39 is 10.0 Å². The third kappa shape index (κ3) is 2.83. The third-order valence-corrected chi connectivity index (χ3v) is 6.21. The van der Waals surface area contributed by atoms with E-state index in [9.17, 15) is 8.42 Å². The second kappa shape index (κ2) is 5.74. The zero-order valence-corrected chi connectivity index (χ0v) is 12.5. The second-order valence-electron chi connectivity index (χ2n) is 5.78. The summed E-state index contributed by atoms with van der Waals surface area (Å²) >= 11 is 0. The first-order valence-corrected chi connectivity index (χ1v) is 9.07. The van der Waals surface area contributed by atoms with Gasteiger partial charge in [0.2, 0.25) is 10.0 Å². The highest BCUT2D eigenvalue weighted by molar-refractivity contribution is 7.92. The molecule has 0 aromatic heterocycles. The van der Waals surface area contributed by atoms with Crippen LogP contribution in [0.2, 0.25) is 0 Å². The van der Waals surface area contributed by atoms with E-state index >= 15 is 0 Å². The van der Waals surface area contributed by atoms with Crippen LogP contribution in [0.5, 0.6) is 0 Å². The molecule has 1 aliphatic heterocycles. The van der Waals surface area contributed by atoms with E-state index in [1.165, 1.54) is 19.3 Å². The van der Waals surface area contributed by atoms with Crippen molar-refractivity contribution in [1.29, 1.82) is 0 Å². The van der Waals surface area contributed by atoms with Gasteiger partial charge in [0.15, 0.2) is 0 Å². The molecule has 0 bridgehead atoms. The van der Waals surface area contributed by atoms with Gasteiger partial charge in [0.25, 0.3) is 0 Å². The Labute approximate surface area is 121 Å². The number of benzene rings is 1. The largest absolute Gasteiger partial charge is 0.311 e. The van der Waals surface area contributed by atoms with E-state index in [1.807, 2.05) is 24.3 Å². The van der Waals surface area contributed by atoms with Gasteiger partial charge in [-0.25, -0.2) is 8.42 Å². The van der Waals surface area contributed by atoms with Gasteiger partial charge in [-0.05, 0) is 24.0 Å². The van der Waals surface area contributed by atoms with Crippen LogP contribution in [0.3, 0.4) is 0 Å². The van der Waals surface area contributed by atoms with Crippen molar-refractivity contribution in [3.05, 3.63) is 29.8 Å². The standard InChI is InChI=1S/C15H22N2O2S/c18-20(19,11-8-13-4-3-5-13)17-10-9-16-12-14-6-1-2-7-15(14)17/h1-2,6-7,13,16H,3-5,8-12H2. The maximum Gasteiger partial charge on any atom is 0.235 e. The Morgan fingerprint density at radius 2 is 2.05 bits per heavy atom. The van der Waals surface area contributed by atoms with Gasteiger partial charge in [-0.15, -0.1) is 0 Å². The van der Waals surface area contributed by atoms with Gasteiger partial charge in [-0.2, -0.15) is 0 Å².